The molecule has 0 amide bonds. The van der Waals surface area contributed by atoms with E-state index in [1.54, 1.807) is 14.2 Å². The average molecular weight is 330 g/mol. The minimum absolute atomic E-state index is 0.388. The zero-order valence-electron chi connectivity index (χ0n) is 15.0. The second-order valence-electron chi connectivity index (χ2n) is 6.28. The number of hydrogen-bond donors (Lipinski definition) is 0. The number of benzene rings is 1. The number of likely N-dealkylation sites (tertiary alicyclic amines) is 1. The molecule has 0 spiro atoms. The summed E-state index contributed by atoms with van der Waals surface area (Å²) in [6.07, 6.45) is 3.24. The second-order valence-corrected chi connectivity index (χ2v) is 6.28. The Morgan fingerprint density at radius 2 is 2.04 bits per heavy atom. The fourth-order valence-corrected chi connectivity index (χ4v) is 3.66. The lowest BCUT2D eigenvalue weighted by Gasteiger charge is -2.25. The van der Waals surface area contributed by atoms with Gasteiger partial charge in [-0.05, 0) is 44.0 Å². The van der Waals surface area contributed by atoms with E-state index in [2.05, 4.69) is 29.1 Å². The van der Waals surface area contributed by atoms with Gasteiger partial charge in [-0.15, -0.1) is 0 Å². The second kappa shape index (κ2) is 7.26. The number of nitrogens with zero attached hydrogens (tertiary/aromatic N) is 2. The van der Waals surface area contributed by atoms with Crippen LogP contribution < -0.4 is 9.47 Å². The standard InChI is InChI=1S/C19H26N2O3/c1-5-16-19(13(2)20-24-16)15-7-6-10-21(15)12-14-8-9-17(22-3)18(11-14)23-4/h8-9,11,15H,5-7,10,12H2,1-4H3/t15-/m1/s1. The summed E-state index contributed by atoms with van der Waals surface area (Å²) in [5, 5.41) is 4.19. The molecule has 0 radical (unpaired) electrons. The quantitative estimate of drug-likeness (QED) is 0.804. The maximum absolute atomic E-state index is 5.51. The molecule has 1 saturated heterocycles. The molecule has 0 unspecified atom stereocenters. The lowest BCUT2D eigenvalue weighted by molar-refractivity contribution is 0.244. The van der Waals surface area contributed by atoms with Crippen LogP contribution in [0.4, 0.5) is 0 Å². The monoisotopic (exact) mass is 330 g/mol. The Morgan fingerprint density at radius 1 is 1.25 bits per heavy atom. The van der Waals surface area contributed by atoms with Gasteiger partial charge in [0.2, 0.25) is 0 Å². The van der Waals surface area contributed by atoms with E-state index in [4.69, 9.17) is 14.0 Å². The summed E-state index contributed by atoms with van der Waals surface area (Å²) in [5.74, 6) is 2.57. The molecular weight excluding hydrogens is 304 g/mol. The van der Waals surface area contributed by atoms with E-state index in [1.165, 1.54) is 17.5 Å². The summed E-state index contributed by atoms with van der Waals surface area (Å²) in [7, 11) is 3.34. The van der Waals surface area contributed by atoms with Crippen LogP contribution in [0.3, 0.4) is 0 Å². The first-order valence-electron chi connectivity index (χ1n) is 8.57. The minimum atomic E-state index is 0.388. The van der Waals surface area contributed by atoms with Crippen LogP contribution in [-0.4, -0.2) is 30.8 Å². The predicted octanol–water partition coefficient (Wildman–Crippen LogP) is 3.90. The van der Waals surface area contributed by atoms with Gasteiger partial charge >= 0.3 is 0 Å². The molecule has 130 valence electrons. The summed E-state index contributed by atoms with van der Waals surface area (Å²) in [6.45, 7) is 6.15. The molecule has 1 aromatic carbocycles. The Morgan fingerprint density at radius 3 is 2.75 bits per heavy atom. The minimum Gasteiger partial charge on any atom is -0.493 e. The zero-order chi connectivity index (χ0) is 17.1. The van der Waals surface area contributed by atoms with Crippen molar-refractivity contribution < 1.29 is 14.0 Å². The van der Waals surface area contributed by atoms with Crippen molar-refractivity contribution in [1.82, 2.24) is 10.1 Å². The smallest absolute Gasteiger partial charge is 0.161 e. The van der Waals surface area contributed by atoms with Gasteiger partial charge in [0.15, 0.2) is 11.5 Å². The number of hydrogen-bond acceptors (Lipinski definition) is 5. The van der Waals surface area contributed by atoms with Gasteiger partial charge in [-0.2, -0.15) is 0 Å². The van der Waals surface area contributed by atoms with Gasteiger partial charge in [-0.1, -0.05) is 18.1 Å². The molecule has 1 atom stereocenters. The van der Waals surface area contributed by atoms with E-state index in [-0.39, 0.29) is 0 Å². The third kappa shape index (κ3) is 3.13. The highest BCUT2D eigenvalue weighted by atomic mass is 16.5. The van der Waals surface area contributed by atoms with Gasteiger partial charge in [-0.25, -0.2) is 0 Å². The molecule has 3 rings (SSSR count). The van der Waals surface area contributed by atoms with Crippen molar-refractivity contribution >= 4 is 0 Å². The lowest BCUT2D eigenvalue weighted by Crippen LogP contribution is -2.23. The Balaban J connectivity index is 1.83. The molecule has 0 bridgehead atoms. The first kappa shape index (κ1) is 16.8. The van der Waals surface area contributed by atoms with Crippen molar-refractivity contribution in [3.8, 4) is 11.5 Å². The van der Waals surface area contributed by atoms with Crippen molar-refractivity contribution in [1.29, 1.82) is 0 Å². The van der Waals surface area contributed by atoms with Gasteiger partial charge in [-0.3, -0.25) is 4.90 Å². The van der Waals surface area contributed by atoms with E-state index in [9.17, 15) is 0 Å². The van der Waals surface area contributed by atoms with Crippen LogP contribution in [0.2, 0.25) is 0 Å². The molecule has 2 heterocycles. The highest BCUT2D eigenvalue weighted by molar-refractivity contribution is 5.43. The van der Waals surface area contributed by atoms with Crippen LogP contribution in [0, 0.1) is 6.92 Å². The van der Waals surface area contributed by atoms with Gasteiger partial charge in [0.1, 0.15) is 5.76 Å². The molecule has 0 aliphatic carbocycles. The van der Waals surface area contributed by atoms with E-state index in [1.807, 2.05) is 13.0 Å². The van der Waals surface area contributed by atoms with Gasteiger partial charge < -0.3 is 14.0 Å². The molecular formula is C19H26N2O3. The zero-order valence-corrected chi connectivity index (χ0v) is 15.0. The van der Waals surface area contributed by atoms with Crippen molar-refractivity contribution in [2.45, 2.75) is 45.7 Å². The fourth-order valence-electron chi connectivity index (χ4n) is 3.66. The van der Waals surface area contributed by atoms with Crippen LogP contribution in [0.5, 0.6) is 11.5 Å². The van der Waals surface area contributed by atoms with E-state index < -0.39 is 0 Å². The summed E-state index contributed by atoms with van der Waals surface area (Å²) in [4.78, 5) is 2.51. The topological polar surface area (TPSA) is 47.7 Å². The predicted molar refractivity (Wildman–Crippen MR) is 92.5 cm³/mol. The normalized spacial score (nSPS) is 18.1. The first-order valence-corrected chi connectivity index (χ1v) is 8.57. The van der Waals surface area contributed by atoms with E-state index in [0.717, 1.165) is 48.9 Å². The number of ether oxygens (including phenoxy) is 2. The molecule has 1 fully saturated rings. The number of rotatable bonds is 6. The van der Waals surface area contributed by atoms with Gasteiger partial charge in [0.25, 0.3) is 0 Å². The molecule has 0 saturated carbocycles. The summed E-state index contributed by atoms with van der Waals surface area (Å²) in [5.41, 5.74) is 3.54. The van der Waals surface area contributed by atoms with Crippen molar-refractivity contribution in [2.75, 3.05) is 20.8 Å². The lowest BCUT2D eigenvalue weighted by atomic mass is 10.0. The van der Waals surface area contributed by atoms with Gasteiger partial charge in [0.05, 0.1) is 19.9 Å². The highest BCUT2D eigenvalue weighted by Crippen LogP contribution is 2.37. The molecule has 1 aromatic heterocycles. The van der Waals surface area contributed by atoms with Crippen LogP contribution in [0.15, 0.2) is 22.7 Å². The van der Waals surface area contributed by atoms with Crippen LogP contribution in [0.1, 0.15) is 48.4 Å². The number of aryl methyl sites for hydroxylation is 2. The Labute approximate surface area is 143 Å². The Hall–Kier alpha value is -2.01. The molecule has 2 aromatic rings. The summed E-state index contributed by atoms with van der Waals surface area (Å²) >= 11 is 0. The average Bonchev–Trinajstić information content (AvgIpc) is 3.20. The van der Waals surface area contributed by atoms with E-state index in [0.29, 0.717) is 6.04 Å². The number of methoxy groups -OCH3 is 2. The SMILES string of the molecule is CCc1onc(C)c1[C@H]1CCCN1Cc1ccc(OC)c(OC)c1. The first-order chi connectivity index (χ1) is 11.7. The maximum Gasteiger partial charge on any atom is 0.161 e. The molecule has 1 aliphatic heterocycles. The Kier molecular flexibility index (Phi) is 5.09. The molecule has 5 nitrogen and oxygen atoms in total. The van der Waals surface area contributed by atoms with Crippen LogP contribution in [-0.2, 0) is 13.0 Å². The largest absolute Gasteiger partial charge is 0.493 e. The van der Waals surface area contributed by atoms with Gasteiger partial charge in [0, 0.05) is 24.6 Å². The summed E-state index contributed by atoms with van der Waals surface area (Å²) < 4.78 is 16.3. The van der Waals surface area contributed by atoms with Crippen LogP contribution in [0.25, 0.3) is 0 Å². The number of aromatic nitrogens is 1. The van der Waals surface area contributed by atoms with Crippen molar-refractivity contribution in [3.05, 3.63) is 40.8 Å². The Bertz CT molecular complexity index is 696. The maximum atomic E-state index is 5.51. The molecule has 1 aliphatic rings. The van der Waals surface area contributed by atoms with Crippen molar-refractivity contribution in [2.24, 2.45) is 0 Å². The van der Waals surface area contributed by atoms with Crippen molar-refractivity contribution in [3.63, 3.8) is 0 Å². The highest BCUT2D eigenvalue weighted by Gasteiger charge is 2.31. The molecule has 0 N–H and O–H groups in total. The fraction of sp³-hybridized carbons (Fsp3) is 0.526. The third-order valence-electron chi connectivity index (χ3n) is 4.83. The third-order valence-corrected chi connectivity index (χ3v) is 4.83. The van der Waals surface area contributed by atoms with E-state index >= 15 is 0 Å². The molecule has 5 heteroatoms. The molecule has 24 heavy (non-hydrogen) atoms. The summed E-state index contributed by atoms with van der Waals surface area (Å²) in [6, 6.07) is 6.54. The van der Waals surface area contributed by atoms with Crippen LogP contribution >= 0.6 is 0 Å².